The van der Waals surface area contributed by atoms with Gasteiger partial charge < -0.3 is 10.5 Å². The Morgan fingerprint density at radius 3 is 2.58 bits per heavy atom. The van der Waals surface area contributed by atoms with Crippen LogP contribution in [0.4, 0.5) is 0 Å². The van der Waals surface area contributed by atoms with Crippen molar-refractivity contribution < 1.29 is 9.53 Å². The number of para-hydroxylation sites is 2. The number of nitrogens with zero attached hydrogens (tertiary/aromatic N) is 3. The minimum Gasteiger partial charge on any atom is -0.495 e. The van der Waals surface area contributed by atoms with Crippen molar-refractivity contribution >= 4 is 17.7 Å². The van der Waals surface area contributed by atoms with Crippen LogP contribution in [-0.4, -0.2) is 27.8 Å². The fourth-order valence-electron chi connectivity index (χ4n) is 2.32. The predicted molar refractivity (Wildman–Crippen MR) is 92.1 cm³/mol. The number of methoxy groups -OCH3 is 1. The van der Waals surface area contributed by atoms with Crippen LogP contribution in [0.5, 0.6) is 5.75 Å². The number of nitrogens with two attached hydrogens (primary N) is 1. The van der Waals surface area contributed by atoms with Gasteiger partial charge in [-0.1, -0.05) is 54.2 Å². The molecule has 0 bridgehead atoms. The van der Waals surface area contributed by atoms with Gasteiger partial charge in [0, 0.05) is 0 Å². The maximum Gasteiger partial charge on any atom is 0.235 e. The van der Waals surface area contributed by atoms with Crippen molar-refractivity contribution in [2.75, 3.05) is 7.11 Å². The largest absolute Gasteiger partial charge is 0.495 e. The number of carbonyl (C=O) groups is 1. The summed E-state index contributed by atoms with van der Waals surface area (Å²) >= 11 is 1.26. The van der Waals surface area contributed by atoms with Crippen LogP contribution in [0.25, 0.3) is 5.69 Å². The number of thioether (sulfide) groups is 1. The third-order valence-electron chi connectivity index (χ3n) is 3.45. The van der Waals surface area contributed by atoms with Crippen molar-refractivity contribution in [1.82, 2.24) is 14.8 Å². The second-order valence-corrected chi connectivity index (χ2v) is 6.04. The molecule has 0 saturated carbocycles. The zero-order valence-corrected chi connectivity index (χ0v) is 13.8. The lowest BCUT2D eigenvalue weighted by Gasteiger charge is -2.15. The highest BCUT2D eigenvalue weighted by Crippen LogP contribution is 2.36. The molecule has 0 aliphatic carbocycles. The summed E-state index contributed by atoms with van der Waals surface area (Å²) in [7, 11) is 1.60. The number of aromatic nitrogens is 3. The zero-order chi connectivity index (χ0) is 16.9. The first-order valence-electron chi connectivity index (χ1n) is 7.25. The van der Waals surface area contributed by atoms with E-state index in [-0.39, 0.29) is 0 Å². The lowest BCUT2D eigenvalue weighted by molar-refractivity contribution is -0.117. The molecule has 0 aliphatic rings. The normalized spacial score (nSPS) is 11.9. The summed E-state index contributed by atoms with van der Waals surface area (Å²) in [5, 5.41) is 8.10. The fourth-order valence-corrected chi connectivity index (χ4v) is 3.30. The quantitative estimate of drug-likeness (QED) is 0.697. The molecule has 122 valence electrons. The molecule has 6 nitrogen and oxygen atoms in total. The van der Waals surface area contributed by atoms with Gasteiger partial charge in [0.1, 0.15) is 17.3 Å². The molecule has 0 aliphatic heterocycles. The fraction of sp³-hybridized carbons (Fsp3) is 0.118. The van der Waals surface area contributed by atoms with Crippen molar-refractivity contribution in [2.45, 2.75) is 10.4 Å². The second kappa shape index (κ2) is 7.18. The maximum absolute atomic E-state index is 11.9. The van der Waals surface area contributed by atoms with E-state index in [0.29, 0.717) is 10.9 Å². The third-order valence-corrected chi connectivity index (χ3v) is 4.67. The van der Waals surface area contributed by atoms with E-state index in [1.165, 1.54) is 11.8 Å². The molecule has 24 heavy (non-hydrogen) atoms. The molecule has 2 aromatic carbocycles. The van der Waals surface area contributed by atoms with E-state index in [0.717, 1.165) is 11.3 Å². The van der Waals surface area contributed by atoms with E-state index in [1.807, 2.05) is 54.6 Å². The summed E-state index contributed by atoms with van der Waals surface area (Å²) in [5.41, 5.74) is 7.21. The number of primary amides is 1. The molecule has 1 amide bonds. The smallest absolute Gasteiger partial charge is 0.235 e. The lowest BCUT2D eigenvalue weighted by atomic mass is 10.1. The summed E-state index contributed by atoms with van der Waals surface area (Å²) in [5.74, 6) is 0.260. The molecule has 3 rings (SSSR count). The molecule has 0 radical (unpaired) electrons. The Balaban J connectivity index is 1.97. The summed E-state index contributed by atoms with van der Waals surface area (Å²) in [4.78, 5) is 11.9. The topological polar surface area (TPSA) is 83.0 Å². The first-order valence-corrected chi connectivity index (χ1v) is 8.13. The molecular weight excluding hydrogens is 324 g/mol. The monoisotopic (exact) mass is 340 g/mol. The Hall–Kier alpha value is -2.80. The molecule has 2 N–H and O–H groups in total. The van der Waals surface area contributed by atoms with Gasteiger partial charge in [0.25, 0.3) is 0 Å². The number of ether oxygens (including phenoxy) is 1. The van der Waals surface area contributed by atoms with E-state index < -0.39 is 11.2 Å². The third kappa shape index (κ3) is 3.26. The summed E-state index contributed by atoms with van der Waals surface area (Å²) in [6.07, 6.45) is 1.59. The Labute approximate surface area is 143 Å². The van der Waals surface area contributed by atoms with E-state index in [4.69, 9.17) is 10.5 Å². The highest BCUT2D eigenvalue weighted by atomic mass is 32.2. The second-order valence-electron chi connectivity index (χ2n) is 4.97. The maximum atomic E-state index is 11.9. The van der Waals surface area contributed by atoms with E-state index >= 15 is 0 Å². The molecular formula is C17H16N4O2S. The number of hydrogen-bond acceptors (Lipinski definition) is 5. The van der Waals surface area contributed by atoms with Gasteiger partial charge in [0.2, 0.25) is 5.91 Å². The molecule has 1 heterocycles. The van der Waals surface area contributed by atoms with Gasteiger partial charge in [0.15, 0.2) is 5.16 Å². The molecule has 1 unspecified atom stereocenters. The molecule has 7 heteroatoms. The first-order chi connectivity index (χ1) is 11.7. The van der Waals surface area contributed by atoms with Crippen molar-refractivity contribution in [3.8, 4) is 11.4 Å². The lowest BCUT2D eigenvalue weighted by Crippen LogP contribution is -2.19. The van der Waals surface area contributed by atoms with Gasteiger partial charge >= 0.3 is 0 Å². The van der Waals surface area contributed by atoms with Crippen molar-refractivity contribution in [2.24, 2.45) is 5.73 Å². The number of amides is 1. The Morgan fingerprint density at radius 2 is 1.88 bits per heavy atom. The van der Waals surface area contributed by atoms with Crippen LogP contribution in [0.15, 0.2) is 66.1 Å². The van der Waals surface area contributed by atoms with Crippen LogP contribution < -0.4 is 10.5 Å². The van der Waals surface area contributed by atoms with Crippen molar-refractivity contribution in [1.29, 1.82) is 0 Å². The number of benzene rings is 2. The highest BCUT2D eigenvalue weighted by Gasteiger charge is 2.23. The van der Waals surface area contributed by atoms with Crippen LogP contribution in [0.2, 0.25) is 0 Å². The Kier molecular flexibility index (Phi) is 4.81. The van der Waals surface area contributed by atoms with E-state index in [9.17, 15) is 4.79 Å². The number of carbonyl (C=O) groups excluding carboxylic acids is 1. The summed E-state index contributed by atoms with van der Waals surface area (Å²) < 4.78 is 7.16. The Bertz CT molecular complexity index is 835. The highest BCUT2D eigenvalue weighted by molar-refractivity contribution is 8.00. The molecule has 1 aromatic heterocycles. The van der Waals surface area contributed by atoms with E-state index in [1.54, 1.807) is 18.0 Å². The summed E-state index contributed by atoms with van der Waals surface area (Å²) in [6.45, 7) is 0. The first kappa shape index (κ1) is 16.1. The average Bonchev–Trinajstić information content (AvgIpc) is 3.08. The average molecular weight is 340 g/mol. The number of rotatable bonds is 6. The van der Waals surface area contributed by atoms with Gasteiger partial charge in [-0.25, -0.2) is 0 Å². The van der Waals surface area contributed by atoms with Crippen LogP contribution in [0.1, 0.15) is 10.8 Å². The SMILES string of the molecule is COc1ccccc1-n1cnnc1SC(C(N)=O)c1ccccc1. The molecule has 0 fully saturated rings. The van der Waals surface area contributed by atoms with Crippen LogP contribution >= 0.6 is 11.8 Å². The minimum absolute atomic E-state index is 0.430. The van der Waals surface area contributed by atoms with Gasteiger partial charge in [0.05, 0.1) is 12.8 Å². The number of hydrogen-bond donors (Lipinski definition) is 1. The van der Waals surface area contributed by atoms with Gasteiger partial charge in [-0.05, 0) is 17.7 Å². The van der Waals surface area contributed by atoms with Crippen LogP contribution in [0.3, 0.4) is 0 Å². The predicted octanol–water partition coefficient (Wildman–Crippen LogP) is 2.59. The van der Waals surface area contributed by atoms with Gasteiger partial charge in [-0.2, -0.15) is 0 Å². The summed E-state index contributed by atoms with van der Waals surface area (Å²) in [6, 6.07) is 16.9. The standard InChI is InChI=1S/C17H16N4O2S/c1-23-14-10-6-5-9-13(14)21-11-19-20-17(21)24-15(16(18)22)12-7-3-2-4-8-12/h2-11,15H,1H3,(H2,18,22). The van der Waals surface area contributed by atoms with Gasteiger partial charge in [-0.15, -0.1) is 10.2 Å². The van der Waals surface area contributed by atoms with Crippen LogP contribution in [-0.2, 0) is 4.79 Å². The Morgan fingerprint density at radius 1 is 1.17 bits per heavy atom. The minimum atomic E-state index is -0.552. The molecule has 0 saturated heterocycles. The van der Waals surface area contributed by atoms with Crippen LogP contribution in [0, 0.1) is 0 Å². The molecule has 1 atom stereocenters. The molecule has 3 aromatic rings. The van der Waals surface area contributed by atoms with E-state index in [2.05, 4.69) is 10.2 Å². The van der Waals surface area contributed by atoms with Crippen molar-refractivity contribution in [3.63, 3.8) is 0 Å². The van der Waals surface area contributed by atoms with Gasteiger partial charge in [-0.3, -0.25) is 9.36 Å². The van der Waals surface area contributed by atoms with Crippen molar-refractivity contribution in [3.05, 3.63) is 66.5 Å². The molecule has 0 spiro atoms. The zero-order valence-electron chi connectivity index (χ0n) is 13.0.